The van der Waals surface area contributed by atoms with Gasteiger partial charge in [-0.25, -0.2) is 0 Å². The van der Waals surface area contributed by atoms with Crippen LogP contribution < -0.4 is 0 Å². The highest BCUT2D eigenvalue weighted by Crippen LogP contribution is 2.20. The van der Waals surface area contributed by atoms with Crippen LogP contribution in [0, 0.1) is 0 Å². The molecule has 1 nitrogen and oxygen atoms in total. The van der Waals surface area contributed by atoms with Gasteiger partial charge in [0.2, 0.25) is 0 Å². The predicted molar refractivity (Wildman–Crippen MR) is 69.0 cm³/mol. The minimum Gasteiger partial charge on any atom is -0.500 e. The molecule has 0 aliphatic rings. The molecule has 1 unspecified atom stereocenters. The second-order valence-electron chi connectivity index (χ2n) is 3.82. The van der Waals surface area contributed by atoms with E-state index in [0.717, 1.165) is 23.0 Å². The second kappa shape index (κ2) is 5.87. The van der Waals surface area contributed by atoms with Crippen molar-refractivity contribution in [2.45, 2.75) is 12.5 Å². The lowest BCUT2D eigenvalue weighted by molar-refractivity contribution is 0.227. The largest absolute Gasteiger partial charge is 0.500 e. The summed E-state index contributed by atoms with van der Waals surface area (Å²) in [5, 5.41) is 0. The predicted octanol–water partition coefficient (Wildman–Crippen LogP) is 2.54. The molecule has 0 spiro atoms. The maximum Gasteiger partial charge on any atom is 0.410 e. The van der Waals surface area contributed by atoms with Crippen LogP contribution in [0.15, 0.2) is 60.7 Å². The van der Waals surface area contributed by atoms with Crippen LogP contribution in [0.5, 0.6) is 0 Å². The topological polar surface area (TPSA) is 9.23 Å². The molecule has 0 aliphatic heterocycles. The van der Waals surface area contributed by atoms with E-state index in [1.807, 2.05) is 12.1 Å². The molecule has 0 aromatic heterocycles. The van der Waals surface area contributed by atoms with Gasteiger partial charge >= 0.3 is 16.6 Å². The minimum atomic E-state index is 0.204. The lowest BCUT2D eigenvalue weighted by atomic mass is 10.0. The van der Waals surface area contributed by atoms with Crippen molar-refractivity contribution in [1.29, 1.82) is 0 Å². The molecule has 2 rings (SSSR count). The van der Waals surface area contributed by atoms with Crippen LogP contribution in [0.2, 0.25) is 0 Å². The van der Waals surface area contributed by atoms with Crippen molar-refractivity contribution >= 4 is 16.6 Å². The van der Waals surface area contributed by atoms with Crippen LogP contribution in [0.4, 0.5) is 0 Å². The highest BCUT2D eigenvalue weighted by molar-refractivity contribution is 5.98. The zero-order chi connectivity index (χ0) is 11.2. The van der Waals surface area contributed by atoms with Crippen molar-refractivity contribution in [3.63, 3.8) is 0 Å². The molecule has 0 N–H and O–H groups in total. The van der Waals surface area contributed by atoms with Crippen molar-refractivity contribution in [1.82, 2.24) is 0 Å². The van der Waals surface area contributed by atoms with E-state index in [4.69, 9.17) is 3.79 Å². The lowest BCUT2D eigenvalue weighted by Crippen LogP contribution is -2.05. The molecule has 0 fully saturated rings. The Morgan fingerprint density at radius 2 is 1.44 bits per heavy atom. The SMILES string of the molecule is [AlH2][O]C(Cc1ccccc1)c1ccccc1. The van der Waals surface area contributed by atoms with E-state index in [2.05, 4.69) is 48.5 Å². The van der Waals surface area contributed by atoms with Gasteiger partial charge in [0.05, 0.1) is 6.10 Å². The summed E-state index contributed by atoms with van der Waals surface area (Å²) in [5.41, 5.74) is 2.59. The summed E-state index contributed by atoms with van der Waals surface area (Å²) in [5.74, 6) is 0. The van der Waals surface area contributed by atoms with Gasteiger partial charge in [-0.1, -0.05) is 60.7 Å². The first-order chi connectivity index (χ1) is 7.90. The summed E-state index contributed by atoms with van der Waals surface area (Å²) >= 11 is 0.768. The maximum absolute atomic E-state index is 5.68. The van der Waals surface area contributed by atoms with Gasteiger partial charge in [0.15, 0.2) is 0 Å². The van der Waals surface area contributed by atoms with Crippen molar-refractivity contribution in [3.8, 4) is 0 Å². The van der Waals surface area contributed by atoms with Crippen LogP contribution in [-0.2, 0) is 10.2 Å². The van der Waals surface area contributed by atoms with E-state index in [0.29, 0.717) is 0 Å². The molecule has 0 amide bonds. The van der Waals surface area contributed by atoms with Gasteiger partial charge in [-0.3, -0.25) is 0 Å². The fourth-order valence-electron chi connectivity index (χ4n) is 1.83. The van der Waals surface area contributed by atoms with Gasteiger partial charge in [0.25, 0.3) is 0 Å². The Morgan fingerprint density at radius 3 is 2.00 bits per heavy atom. The second-order valence-corrected chi connectivity index (χ2v) is 4.30. The standard InChI is InChI=1S/C14H13O.Al.2H/c15-14(13-9-5-2-6-10-13)11-12-7-3-1-4-8-12;;;/h1-10,14H,11H2;;;/q-1;+1;;. The highest BCUT2D eigenvalue weighted by atomic mass is 27.1. The maximum atomic E-state index is 5.68. The lowest BCUT2D eigenvalue weighted by Gasteiger charge is -2.17. The first-order valence-electron chi connectivity index (χ1n) is 5.52. The molecule has 2 heteroatoms. The van der Waals surface area contributed by atoms with Gasteiger partial charge < -0.3 is 3.79 Å². The van der Waals surface area contributed by atoms with Crippen LogP contribution >= 0.6 is 0 Å². The summed E-state index contributed by atoms with van der Waals surface area (Å²) in [6, 6.07) is 20.9. The smallest absolute Gasteiger partial charge is 0.410 e. The minimum absolute atomic E-state index is 0.204. The van der Waals surface area contributed by atoms with Crippen LogP contribution in [0.1, 0.15) is 17.2 Å². The van der Waals surface area contributed by atoms with Crippen molar-refractivity contribution in [3.05, 3.63) is 71.8 Å². The molecule has 0 saturated carbocycles. The molecular formula is C14H15AlO. The summed E-state index contributed by atoms with van der Waals surface area (Å²) in [4.78, 5) is 0. The fourth-order valence-corrected chi connectivity index (χ4v) is 2.27. The van der Waals surface area contributed by atoms with Gasteiger partial charge in [-0.15, -0.1) is 0 Å². The Bertz CT molecular complexity index is 413. The molecule has 1 atom stereocenters. The Labute approximate surface area is 105 Å². The molecule has 0 heterocycles. The zero-order valence-corrected chi connectivity index (χ0v) is 11.5. The molecule has 0 radical (unpaired) electrons. The third kappa shape index (κ3) is 2.96. The zero-order valence-electron chi connectivity index (χ0n) is 9.47. The molecule has 16 heavy (non-hydrogen) atoms. The van der Waals surface area contributed by atoms with E-state index in [-0.39, 0.29) is 6.10 Å². The first-order valence-corrected chi connectivity index (χ1v) is 6.33. The van der Waals surface area contributed by atoms with Crippen LogP contribution in [0.25, 0.3) is 0 Å². The van der Waals surface area contributed by atoms with Gasteiger partial charge in [-0.2, -0.15) is 0 Å². The summed E-state index contributed by atoms with van der Waals surface area (Å²) in [6.45, 7) is 0. The Kier molecular flexibility index (Phi) is 4.19. The third-order valence-electron chi connectivity index (χ3n) is 2.72. The van der Waals surface area contributed by atoms with E-state index in [1.165, 1.54) is 11.1 Å². The molecule has 2 aromatic carbocycles. The number of hydrogen-bond acceptors (Lipinski definition) is 1. The monoisotopic (exact) mass is 226 g/mol. The quantitative estimate of drug-likeness (QED) is 0.728. The Balaban J connectivity index is 2.13. The highest BCUT2D eigenvalue weighted by Gasteiger charge is 2.08. The first kappa shape index (κ1) is 11.4. The summed E-state index contributed by atoms with van der Waals surface area (Å²) < 4.78 is 5.68. The summed E-state index contributed by atoms with van der Waals surface area (Å²) in [6.07, 6.45) is 1.16. The Morgan fingerprint density at radius 1 is 0.875 bits per heavy atom. The fraction of sp³-hybridized carbons (Fsp3) is 0.143. The molecular weight excluding hydrogens is 211 g/mol. The third-order valence-corrected chi connectivity index (χ3v) is 3.29. The van der Waals surface area contributed by atoms with Crippen molar-refractivity contribution < 1.29 is 3.79 Å². The number of hydrogen-bond donors (Lipinski definition) is 0. The molecule has 80 valence electrons. The number of benzene rings is 2. The van der Waals surface area contributed by atoms with Crippen LogP contribution in [0.3, 0.4) is 0 Å². The van der Waals surface area contributed by atoms with E-state index in [9.17, 15) is 0 Å². The molecule has 0 saturated heterocycles. The van der Waals surface area contributed by atoms with Crippen LogP contribution in [-0.4, -0.2) is 16.6 Å². The molecule has 0 bridgehead atoms. The van der Waals surface area contributed by atoms with E-state index < -0.39 is 0 Å². The normalized spacial score (nSPS) is 12.2. The van der Waals surface area contributed by atoms with Gasteiger partial charge in [0.1, 0.15) is 0 Å². The van der Waals surface area contributed by atoms with E-state index >= 15 is 0 Å². The van der Waals surface area contributed by atoms with Crippen molar-refractivity contribution in [2.24, 2.45) is 0 Å². The van der Waals surface area contributed by atoms with Gasteiger partial charge in [0, 0.05) is 6.42 Å². The molecule has 0 aliphatic carbocycles. The Hall–Kier alpha value is -1.07. The van der Waals surface area contributed by atoms with Gasteiger partial charge in [-0.05, 0) is 11.1 Å². The van der Waals surface area contributed by atoms with Crippen molar-refractivity contribution in [2.75, 3.05) is 0 Å². The number of rotatable bonds is 4. The average molecular weight is 226 g/mol. The average Bonchev–Trinajstić information content (AvgIpc) is 2.38. The molecule has 2 aromatic rings. The summed E-state index contributed by atoms with van der Waals surface area (Å²) in [7, 11) is 0. The van der Waals surface area contributed by atoms with E-state index in [1.54, 1.807) is 0 Å².